The molecule has 1 amide bonds. The average Bonchev–Trinajstić information content (AvgIpc) is 2.54. The number of carbonyl (C=O) groups is 1. The fourth-order valence-corrected chi connectivity index (χ4v) is 3.48. The van der Waals surface area contributed by atoms with Crippen molar-refractivity contribution in [1.82, 2.24) is 4.90 Å². The zero-order chi connectivity index (χ0) is 19.0. The number of carbonyl (C=O) groups excluding carboxylic acids is 1. The third-order valence-electron chi connectivity index (χ3n) is 5.44. The van der Waals surface area contributed by atoms with Gasteiger partial charge in [0, 0.05) is 19.2 Å². The van der Waals surface area contributed by atoms with Crippen LogP contribution in [-0.4, -0.2) is 30.5 Å². The summed E-state index contributed by atoms with van der Waals surface area (Å²) in [6.07, 6.45) is 3.06. The smallest absolute Gasteiger partial charge is 0.339 e. The van der Waals surface area contributed by atoms with Crippen LogP contribution in [0.2, 0.25) is 0 Å². The minimum Gasteiger partial charge on any atom is -0.480 e. The van der Waals surface area contributed by atoms with Gasteiger partial charge in [-0.15, -0.1) is 0 Å². The van der Waals surface area contributed by atoms with E-state index in [4.69, 9.17) is 9.15 Å². The number of nitrogens with zero attached hydrogens (tertiary/aromatic N) is 1. The molecule has 26 heavy (non-hydrogen) atoms. The van der Waals surface area contributed by atoms with Gasteiger partial charge in [0.25, 0.3) is 5.91 Å². The molecule has 140 valence electrons. The number of likely N-dealkylation sites (N-methyl/N-ethyl adjacent to an activating group) is 1. The van der Waals surface area contributed by atoms with E-state index in [1.54, 1.807) is 18.7 Å². The Morgan fingerprint density at radius 3 is 2.58 bits per heavy atom. The van der Waals surface area contributed by atoms with Crippen molar-refractivity contribution >= 4 is 16.9 Å². The molecule has 1 aliphatic carbocycles. The summed E-state index contributed by atoms with van der Waals surface area (Å²) in [6.45, 7) is 8.09. The lowest BCUT2D eigenvalue weighted by atomic mass is 9.85. The van der Waals surface area contributed by atoms with Gasteiger partial charge < -0.3 is 14.1 Å². The first-order valence-corrected chi connectivity index (χ1v) is 9.24. The Labute approximate surface area is 153 Å². The quantitative estimate of drug-likeness (QED) is 0.765. The molecular formula is C21H27NO4. The SMILES string of the molecule is Cc1cc(OC(C)C(=O)N(C)CC2CCC2)c2c(C)c(C)c(=O)oc2c1. The molecule has 1 aromatic heterocycles. The molecule has 1 aliphatic rings. The number of aryl methyl sites for hydroxylation is 2. The number of hydrogen-bond donors (Lipinski definition) is 0. The molecule has 1 fully saturated rings. The van der Waals surface area contributed by atoms with Gasteiger partial charge in [0.05, 0.1) is 5.39 Å². The number of ether oxygens (including phenoxy) is 1. The summed E-state index contributed by atoms with van der Waals surface area (Å²) in [5, 5.41) is 0.758. The molecule has 1 saturated carbocycles. The number of rotatable bonds is 5. The summed E-state index contributed by atoms with van der Waals surface area (Å²) < 4.78 is 11.5. The van der Waals surface area contributed by atoms with Crippen molar-refractivity contribution in [3.8, 4) is 5.75 Å². The van der Waals surface area contributed by atoms with E-state index < -0.39 is 6.10 Å². The van der Waals surface area contributed by atoms with E-state index in [-0.39, 0.29) is 11.5 Å². The van der Waals surface area contributed by atoms with Crippen LogP contribution in [0.5, 0.6) is 5.75 Å². The monoisotopic (exact) mass is 357 g/mol. The second-order valence-corrected chi connectivity index (χ2v) is 7.55. The minimum absolute atomic E-state index is 0.0293. The largest absolute Gasteiger partial charge is 0.480 e. The van der Waals surface area contributed by atoms with Crippen LogP contribution in [0.3, 0.4) is 0 Å². The number of fused-ring (bicyclic) bond motifs is 1. The highest BCUT2D eigenvalue weighted by molar-refractivity contribution is 5.89. The van der Waals surface area contributed by atoms with Gasteiger partial charge in [-0.3, -0.25) is 4.79 Å². The van der Waals surface area contributed by atoms with Crippen LogP contribution in [0, 0.1) is 26.7 Å². The Morgan fingerprint density at radius 1 is 1.27 bits per heavy atom. The van der Waals surface area contributed by atoms with E-state index in [9.17, 15) is 9.59 Å². The van der Waals surface area contributed by atoms with Gasteiger partial charge in [0.15, 0.2) is 6.10 Å². The lowest BCUT2D eigenvalue weighted by Crippen LogP contribution is -2.41. The van der Waals surface area contributed by atoms with Gasteiger partial charge in [0.2, 0.25) is 0 Å². The van der Waals surface area contributed by atoms with E-state index in [1.165, 1.54) is 19.3 Å². The molecule has 0 radical (unpaired) electrons. The maximum absolute atomic E-state index is 12.7. The van der Waals surface area contributed by atoms with Crippen molar-refractivity contribution in [3.63, 3.8) is 0 Å². The lowest BCUT2D eigenvalue weighted by molar-refractivity contribution is -0.137. The van der Waals surface area contributed by atoms with Crippen molar-refractivity contribution in [2.24, 2.45) is 5.92 Å². The zero-order valence-electron chi connectivity index (χ0n) is 16.2. The molecule has 0 saturated heterocycles. The highest BCUT2D eigenvalue weighted by atomic mass is 16.5. The number of benzene rings is 1. The Hall–Kier alpha value is -2.30. The fraction of sp³-hybridized carbons (Fsp3) is 0.524. The van der Waals surface area contributed by atoms with Crippen LogP contribution >= 0.6 is 0 Å². The van der Waals surface area contributed by atoms with E-state index in [0.717, 1.165) is 23.1 Å². The summed E-state index contributed by atoms with van der Waals surface area (Å²) >= 11 is 0. The Bertz CT molecular complexity index is 895. The Balaban J connectivity index is 1.88. The minimum atomic E-state index is -0.600. The zero-order valence-corrected chi connectivity index (χ0v) is 16.2. The summed E-state index contributed by atoms with van der Waals surface area (Å²) in [5.41, 5.74) is 2.47. The van der Waals surface area contributed by atoms with Crippen LogP contribution in [0.4, 0.5) is 0 Å². The second kappa shape index (κ2) is 7.14. The third kappa shape index (κ3) is 3.48. The molecule has 2 aromatic rings. The normalized spacial score (nSPS) is 15.6. The summed E-state index contributed by atoms with van der Waals surface area (Å²) in [5.74, 6) is 1.18. The number of amides is 1. The van der Waals surface area contributed by atoms with Gasteiger partial charge in [-0.2, -0.15) is 0 Å². The maximum atomic E-state index is 12.7. The van der Waals surface area contributed by atoms with Crippen LogP contribution in [0.25, 0.3) is 11.0 Å². The molecule has 5 nitrogen and oxygen atoms in total. The first kappa shape index (κ1) is 18.5. The topological polar surface area (TPSA) is 59.8 Å². The van der Waals surface area contributed by atoms with E-state index >= 15 is 0 Å². The molecule has 0 spiro atoms. The van der Waals surface area contributed by atoms with Gasteiger partial charge in [-0.25, -0.2) is 4.79 Å². The molecule has 0 aliphatic heterocycles. The highest BCUT2D eigenvalue weighted by Gasteiger charge is 2.26. The van der Waals surface area contributed by atoms with Crippen LogP contribution < -0.4 is 10.4 Å². The first-order chi connectivity index (χ1) is 12.3. The maximum Gasteiger partial charge on any atom is 0.339 e. The Morgan fingerprint density at radius 2 is 1.96 bits per heavy atom. The van der Waals surface area contributed by atoms with Crippen molar-refractivity contribution in [3.05, 3.63) is 39.2 Å². The highest BCUT2D eigenvalue weighted by Crippen LogP contribution is 2.32. The Kier molecular flexibility index (Phi) is 5.08. The molecule has 1 aromatic carbocycles. The van der Waals surface area contributed by atoms with Gasteiger partial charge in [-0.1, -0.05) is 6.42 Å². The summed E-state index contributed by atoms with van der Waals surface area (Å²) in [4.78, 5) is 26.4. The fourth-order valence-electron chi connectivity index (χ4n) is 3.48. The summed E-state index contributed by atoms with van der Waals surface area (Å²) in [7, 11) is 1.84. The average molecular weight is 357 g/mol. The van der Waals surface area contributed by atoms with Crippen LogP contribution in [-0.2, 0) is 4.79 Å². The molecule has 0 bridgehead atoms. The molecule has 1 atom stereocenters. The van der Waals surface area contributed by atoms with Crippen molar-refractivity contribution in [2.75, 3.05) is 13.6 Å². The number of hydrogen-bond acceptors (Lipinski definition) is 4. The molecule has 1 unspecified atom stereocenters. The molecular weight excluding hydrogens is 330 g/mol. The van der Waals surface area contributed by atoms with Gasteiger partial charge in [0.1, 0.15) is 11.3 Å². The van der Waals surface area contributed by atoms with Crippen LogP contribution in [0.1, 0.15) is 42.9 Å². The van der Waals surface area contributed by atoms with Crippen molar-refractivity contribution < 1.29 is 13.9 Å². The van der Waals surface area contributed by atoms with E-state index in [2.05, 4.69) is 0 Å². The third-order valence-corrected chi connectivity index (χ3v) is 5.44. The van der Waals surface area contributed by atoms with Crippen molar-refractivity contribution in [2.45, 2.75) is 53.1 Å². The standard InChI is InChI=1S/C21H27NO4/c1-12-9-17(19-13(2)14(3)21(24)26-18(19)10-12)25-15(4)20(23)22(5)11-16-7-6-8-16/h9-10,15-16H,6-8,11H2,1-5H3. The molecule has 1 heterocycles. The van der Waals surface area contributed by atoms with Crippen LogP contribution in [0.15, 0.2) is 21.3 Å². The van der Waals surface area contributed by atoms with E-state index in [0.29, 0.717) is 22.8 Å². The van der Waals surface area contributed by atoms with Gasteiger partial charge >= 0.3 is 5.63 Å². The van der Waals surface area contributed by atoms with Crippen molar-refractivity contribution in [1.29, 1.82) is 0 Å². The molecule has 0 N–H and O–H groups in total. The summed E-state index contributed by atoms with van der Waals surface area (Å²) in [6, 6.07) is 3.72. The molecule has 3 rings (SSSR count). The lowest BCUT2D eigenvalue weighted by Gasteiger charge is -2.31. The second-order valence-electron chi connectivity index (χ2n) is 7.55. The predicted molar refractivity (Wildman–Crippen MR) is 102 cm³/mol. The van der Waals surface area contributed by atoms with Gasteiger partial charge in [-0.05, 0) is 69.7 Å². The molecule has 5 heteroatoms. The van der Waals surface area contributed by atoms with E-state index in [1.807, 2.05) is 33.0 Å². The predicted octanol–water partition coefficient (Wildman–Crippen LogP) is 3.74. The first-order valence-electron chi connectivity index (χ1n) is 9.24.